The molecule has 0 spiro atoms. The van der Waals surface area contributed by atoms with Gasteiger partial charge in [-0.2, -0.15) is 0 Å². The van der Waals surface area contributed by atoms with E-state index in [0.29, 0.717) is 5.69 Å². The van der Waals surface area contributed by atoms with Crippen molar-refractivity contribution in [3.63, 3.8) is 0 Å². The van der Waals surface area contributed by atoms with Gasteiger partial charge in [-0.15, -0.1) is 12.6 Å². The topological polar surface area (TPSA) is 29.1 Å². The third-order valence-corrected chi connectivity index (χ3v) is 5.50. The standard InChI is InChI=1S/C26H21NOS/c28-25(27-23-18-10-11-19-24(23)29)26(20-12-4-1-5-13-20,21-14-6-2-7-15-21)22-16-8-3-9-17-22/h1-19,29H,(H,27,28). The average molecular weight is 396 g/mol. The van der Waals surface area contributed by atoms with Crippen LogP contribution >= 0.6 is 12.6 Å². The van der Waals surface area contributed by atoms with E-state index in [1.807, 2.05) is 115 Å². The van der Waals surface area contributed by atoms with Gasteiger partial charge in [0.2, 0.25) is 5.91 Å². The van der Waals surface area contributed by atoms with Crippen molar-refractivity contribution in [3.05, 3.63) is 132 Å². The Morgan fingerprint density at radius 3 is 1.38 bits per heavy atom. The van der Waals surface area contributed by atoms with Gasteiger partial charge in [-0.3, -0.25) is 4.79 Å². The van der Waals surface area contributed by atoms with Crippen LogP contribution in [0.25, 0.3) is 0 Å². The van der Waals surface area contributed by atoms with Gasteiger partial charge in [0.05, 0.1) is 5.69 Å². The van der Waals surface area contributed by atoms with Crippen LogP contribution in [0.4, 0.5) is 5.69 Å². The molecule has 0 atom stereocenters. The van der Waals surface area contributed by atoms with E-state index in [1.54, 1.807) is 0 Å². The Hall–Kier alpha value is -3.30. The number of rotatable bonds is 5. The van der Waals surface area contributed by atoms with Crippen LogP contribution in [0.3, 0.4) is 0 Å². The number of carbonyl (C=O) groups is 1. The predicted molar refractivity (Wildman–Crippen MR) is 122 cm³/mol. The molecule has 1 N–H and O–H groups in total. The summed E-state index contributed by atoms with van der Waals surface area (Å²) in [7, 11) is 0. The van der Waals surface area contributed by atoms with Crippen LogP contribution in [0.5, 0.6) is 0 Å². The summed E-state index contributed by atoms with van der Waals surface area (Å²) in [6.07, 6.45) is 0. The fourth-order valence-electron chi connectivity index (χ4n) is 3.75. The van der Waals surface area contributed by atoms with Crippen LogP contribution in [-0.4, -0.2) is 5.91 Å². The Balaban J connectivity index is 1.97. The molecule has 1 amide bonds. The summed E-state index contributed by atoms with van der Waals surface area (Å²) in [5, 5.41) is 3.13. The van der Waals surface area contributed by atoms with Gasteiger partial charge < -0.3 is 5.32 Å². The van der Waals surface area contributed by atoms with E-state index in [1.165, 1.54) is 0 Å². The van der Waals surface area contributed by atoms with E-state index in [2.05, 4.69) is 17.9 Å². The van der Waals surface area contributed by atoms with Crippen LogP contribution in [0.15, 0.2) is 120 Å². The van der Waals surface area contributed by atoms with Crippen LogP contribution in [0.1, 0.15) is 16.7 Å². The minimum absolute atomic E-state index is 0.123. The zero-order valence-electron chi connectivity index (χ0n) is 15.8. The van der Waals surface area contributed by atoms with E-state index in [0.717, 1.165) is 21.6 Å². The van der Waals surface area contributed by atoms with Crippen molar-refractivity contribution in [1.29, 1.82) is 0 Å². The number of thiol groups is 1. The molecule has 142 valence electrons. The van der Waals surface area contributed by atoms with E-state index in [9.17, 15) is 4.79 Å². The number of hydrogen-bond acceptors (Lipinski definition) is 2. The largest absolute Gasteiger partial charge is 0.324 e. The normalized spacial score (nSPS) is 11.1. The summed E-state index contributed by atoms with van der Waals surface area (Å²) in [6.45, 7) is 0. The van der Waals surface area contributed by atoms with Gasteiger partial charge in [-0.25, -0.2) is 0 Å². The highest BCUT2D eigenvalue weighted by atomic mass is 32.1. The van der Waals surface area contributed by atoms with E-state index < -0.39 is 5.41 Å². The quantitative estimate of drug-likeness (QED) is 0.317. The lowest BCUT2D eigenvalue weighted by atomic mass is 9.68. The molecular weight excluding hydrogens is 374 g/mol. The van der Waals surface area contributed by atoms with Crippen LogP contribution in [-0.2, 0) is 10.2 Å². The molecule has 0 heterocycles. The summed E-state index contributed by atoms with van der Waals surface area (Å²) in [5.41, 5.74) is 2.41. The maximum Gasteiger partial charge on any atom is 0.244 e. The zero-order valence-corrected chi connectivity index (χ0v) is 16.7. The first-order chi connectivity index (χ1) is 14.2. The molecule has 0 aliphatic carbocycles. The van der Waals surface area contributed by atoms with Gasteiger partial charge in [-0.1, -0.05) is 103 Å². The average Bonchev–Trinajstić information content (AvgIpc) is 2.78. The summed E-state index contributed by atoms with van der Waals surface area (Å²) < 4.78 is 0. The SMILES string of the molecule is O=C(Nc1ccccc1S)C(c1ccccc1)(c1ccccc1)c1ccccc1. The van der Waals surface area contributed by atoms with Crippen molar-refractivity contribution in [2.45, 2.75) is 10.3 Å². The molecule has 0 unspecified atom stereocenters. The van der Waals surface area contributed by atoms with Crippen molar-refractivity contribution in [2.24, 2.45) is 0 Å². The number of anilines is 1. The molecular formula is C26H21NOS. The number of para-hydroxylation sites is 1. The minimum Gasteiger partial charge on any atom is -0.324 e. The molecule has 0 aliphatic heterocycles. The van der Waals surface area contributed by atoms with Gasteiger partial charge in [0.1, 0.15) is 5.41 Å². The van der Waals surface area contributed by atoms with Crippen LogP contribution < -0.4 is 5.32 Å². The van der Waals surface area contributed by atoms with Gasteiger partial charge in [0.15, 0.2) is 0 Å². The maximum atomic E-state index is 14.0. The third-order valence-electron chi connectivity index (χ3n) is 5.11. The molecule has 3 heteroatoms. The van der Waals surface area contributed by atoms with Gasteiger partial charge in [0, 0.05) is 4.90 Å². The molecule has 0 saturated carbocycles. The second kappa shape index (κ2) is 8.38. The number of carbonyl (C=O) groups excluding carboxylic acids is 1. The molecule has 0 aliphatic rings. The Morgan fingerprint density at radius 2 is 0.966 bits per heavy atom. The summed E-state index contributed by atoms with van der Waals surface area (Å²) in [4.78, 5) is 14.8. The van der Waals surface area contributed by atoms with Crippen molar-refractivity contribution < 1.29 is 4.79 Å². The Bertz CT molecular complexity index is 998. The van der Waals surface area contributed by atoms with E-state index in [4.69, 9.17) is 0 Å². The lowest BCUT2D eigenvalue weighted by molar-refractivity contribution is -0.119. The van der Waals surface area contributed by atoms with E-state index >= 15 is 0 Å². The second-order valence-corrected chi connectivity index (χ2v) is 7.30. The van der Waals surface area contributed by atoms with Crippen molar-refractivity contribution in [1.82, 2.24) is 0 Å². The fraction of sp³-hybridized carbons (Fsp3) is 0.0385. The van der Waals surface area contributed by atoms with Crippen molar-refractivity contribution in [2.75, 3.05) is 5.32 Å². The highest BCUT2D eigenvalue weighted by Crippen LogP contribution is 2.40. The Kier molecular flexibility index (Phi) is 5.50. The molecule has 4 aromatic rings. The van der Waals surface area contributed by atoms with Crippen LogP contribution in [0.2, 0.25) is 0 Å². The number of nitrogens with one attached hydrogen (secondary N) is 1. The highest BCUT2D eigenvalue weighted by molar-refractivity contribution is 7.80. The minimum atomic E-state index is -1.00. The number of benzene rings is 4. The van der Waals surface area contributed by atoms with E-state index in [-0.39, 0.29) is 5.91 Å². The van der Waals surface area contributed by atoms with Gasteiger partial charge in [0.25, 0.3) is 0 Å². The zero-order chi connectivity index (χ0) is 20.1. The highest BCUT2D eigenvalue weighted by Gasteiger charge is 2.43. The van der Waals surface area contributed by atoms with Crippen LogP contribution in [0, 0.1) is 0 Å². The Morgan fingerprint density at radius 1 is 0.586 bits per heavy atom. The smallest absolute Gasteiger partial charge is 0.244 e. The first-order valence-electron chi connectivity index (χ1n) is 9.49. The first kappa shape index (κ1) is 19.0. The van der Waals surface area contributed by atoms with Crippen molar-refractivity contribution in [3.8, 4) is 0 Å². The van der Waals surface area contributed by atoms with Gasteiger partial charge >= 0.3 is 0 Å². The summed E-state index contributed by atoms with van der Waals surface area (Å²) >= 11 is 4.52. The molecule has 0 bridgehead atoms. The molecule has 0 radical (unpaired) electrons. The van der Waals surface area contributed by atoms with Gasteiger partial charge in [-0.05, 0) is 28.8 Å². The molecule has 2 nitrogen and oxygen atoms in total. The fourth-order valence-corrected chi connectivity index (χ4v) is 3.97. The third kappa shape index (κ3) is 3.57. The first-order valence-corrected chi connectivity index (χ1v) is 9.93. The number of hydrogen-bond donors (Lipinski definition) is 2. The second-order valence-electron chi connectivity index (χ2n) is 6.82. The maximum absolute atomic E-state index is 14.0. The monoisotopic (exact) mass is 395 g/mol. The Labute approximate surface area is 176 Å². The summed E-state index contributed by atoms with van der Waals surface area (Å²) in [6, 6.07) is 37.3. The predicted octanol–water partition coefficient (Wildman–Crippen LogP) is 5.95. The molecule has 4 rings (SSSR count). The number of amides is 1. The lowest BCUT2D eigenvalue weighted by Crippen LogP contribution is -2.42. The molecule has 4 aromatic carbocycles. The van der Waals surface area contributed by atoms with Crippen molar-refractivity contribution >= 4 is 24.2 Å². The summed E-state index contributed by atoms with van der Waals surface area (Å²) in [5.74, 6) is -0.123. The molecule has 29 heavy (non-hydrogen) atoms. The molecule has 0 aromatic heterocycles. The lowest BCUT2D eigenvalue weighted by Gasteiger charge is -2.34. The molecule has 0 saturated heterocycles. The molecule has 0 fully saturated rings.